The second-order valence-electron chi connectivity index (χ2n) is 14.4. The number of amides is 1. The number of carbonyl (C=O) groups is 1. The van der Waals surface area contributed by atoms with E-state index in [1.54, 1.807) is 5.57 Å². The smallest absolute Gasteiger partial charge is 0.222 e. The van der Waals surface area contributed by atoms with Crippen molar-refractivity contribution in [3.05, 3.63) is 11.6 Å². The van der Waals surface area contributed by atoms with Crippen molar-refractivity contribution in [2.45, 2.75) is 118 Å². The maximum absolute atomic E-state index is 13.0. The fourth-order valence-electron chi connectivity index (χ4n) is 9.69. The average molecular weight is 470 g/mol. The molecule has 3 saturated carbocycles. The number of fused-ring (bicyclic) bond motifs is 5. The molecule has 4 aliphatic carbocycles. The molecular formula is C31H51NO2. The predicted molar refractivity (Wildman–Crippen MR) is 139 cm³/mol. The fraction of sp³-hybridized carbons (Fsp3) is 0.903. The zero-order valence-electron chi connectivity index (χ0n) is 22.7. The number of rotatable bonds is 4. The Bertz CT molecular complexity index is 806. The van der Waals surface area contributed by atoms with Crippen LogP contribution < -0.4 is 0 Å². The number of nitrogens with zero attached hydrogens (tertiary/aromatic N) is 1. The summed E-state index contributed by atoms with van der Waals surface area (Å²) in [7, 11) is 0. The topological polar surface area (TPSA) is 40.5 Å². The lowest BCUT2D eigenvalue weighted by atomic mass is 9.47. The number of hydrogen-bond donors (Lipinski definition) is 1. The highest BCUT2D eigenvalue weighted by Crippen LogP contribution is 2.67. The van der Waals surface area contributed by atoms with Gasteiger partial charge in [0.2, 0.25) is 5.91 Å². The second kappa shape index (κ2) is 8.93. The van der Waals surface area contributed by atoms with Crippen LogP contribution in [0.3, 0.4) is 0 Å². The van der Waals surface area contributed by atoms with Crippen molar-refractivity contribution in [1.82, 2.24) is 4.90 Å². The highest BCUT2D eigenvalue weighted by Gasteiger charge is 2.59. The molecule has 8 atom stereocenters. The van der Waals surface area contributed by atoms with E-state index >= 15 is 0 Å². The average Bonchev–Trinajstić information content (AvgIpc) is 3.15. The van der Waals surface area contributed by atoms with Crippen LogP contribution in [-0.4, -0.2) is 35.1 Å². The molecule has 5 rings (SSSR count). The van der Waals surface area contributed by atoms with Crippen LogP contribution in [0, 0.1) is 45.8 Å². The molecule has 0 bridgehead atoms. The van der Waals surface area contributed by atoms with Gasteiger partial charge in [-0.05, 0) is 116 Å². The lowest BCUT2D eigenvalue weighted by Crippen LogP contribution is -2.50. The zero-order valence-corrected chi connectivity index (χ0v) is 22.7. The minimum absolute atomic E-state index is 0.111. The minimum Gasteiger partial charge on any atom is -0.393 e. The van der Waals surface area contributed by atoms with E-state index in [-0.39, 0.29) is 6.10 Å². The van der Waals surface area contributed by atoms with Crippen molar-refractivity contribution in [3.63, 3.8) is 0 Å². The Morgan fingerprint density at radius 2 is 1.76 bits per heavy atom. The normalized spacial score (nSPS) is 44.5. The highest BCUT2D eigenvalue weighted by atomic mass is 16.3. The molecule has 4 fully saturated rings. The Balaban J connectivity index is 1.22. The third-order valence-electron chi connectivity index (χ3n) is 12.1. The van der Waals surface area contributed by atoms with Crippen LogP contribution in [0.1, 0.15) is 112 Å². The lowest BCUT2D eigenvalue weighted by Gasteiger charge is -2.58. The van der Waals surface area contributed by atoms with E-state index in [1.165, 1.54) is 38.5 Å². The Hall–Kier alpha value is -0.830. The molecule has 3 nitrogen and oxygen atoms in total. The summed E-state index contributed by atoms with van der Waals surface area (Å²) in [5.74, 6) is 4.32. The summed E-state index contributed by atoms with van der Waals surface area (Å²) in [5.41, 5.74) is 2.77. The SMILES string of the molecule is CC(CCC(=O)N1CCC(C)(C)CC1)[C@H]1CC[C@H]2[C@@H]3CC=C4C[C@@H](O)CC[C@]4(C)[C@H]3CC[C@]12C. The Kier molecular flexibility index (Phi) is 6.52. The first-order valence-electron chi connectivity index (χ1n) is 14.7. The highest BCUT2D eigenvalue weighted by molar-refractivity contribution is 5.76. The number of aliphatic hydroxyl groups is 1. The van der Waals surface area contributed by atoms with Crippen LogP contribution in [0.4, 0.5) is 0 Å². The molecule has 1 heterocycles. The quantitative estimate of drug-likeness (QED) is 0.451. The van der Waals surface area contributed by atoms with Gasteiger partial charge in [-0.1, -0.05) is 46.3 Å². The van der Waals surface area contributed by atoms with Gasteiger partial charge in [-0.25, -0.2) is 0 Å². The summed E-state index contributed by atoms with van der Waals surface area (Å²) >= 11 is 0. The Morgan fingerprint density at radius 3 is 2.50 bits per heavy atom. The Labute approximate surface area is 209 Å². The third-order valence-corrected chi connectivity index (χ3v) is 12.1. The molecule has 3 heteroatoms. The molecule has 1 aliphatic heterocycles. The van der Waals surface area contributed by atoms with Crippen molar-refractivity contribution in [2.24, 2.45) is 45.8 Å². The van der Waals surface area contributed by atoms with Crippen LogP contribution >= 0.6 is 0 Å². The second-order valence-corrected chi connectivity index (χ2v) is 14.4. The van der Waals surface area contributed by atoms with Gasteiger partial charge in [0.25, 0.3) is 0 Å². The van der Waals surface area contributed by atoms with Crippen LogP contribution in [0.15, 0.2) is 11.6 Å². The standard InChI is InChI=1S/C31H51NO2/c1-21(6-11-28(34)32-18-16-29(2,3)17-19-32)25-9-10-26-24-8-7-22-20-23(33)12-14-30(22,4)27(24)13-15-31(25,26)5/h7,21,23-27,33H,6,8-20H2,1-5H3/t21?,23-,24-,25+,26-,27-,30-,31+/m0/s1. The molecule has 1 amide bonds. The first-order chi connectivity index (χ1) is 16.0. The van der Waals surface area contributed by atoms with Gasteiger partial charge in [-0.2, -0.15) is 0 Å². The molecule has 34 heavy (non-hydrogen) atoms. The Morgan fingerprint density at radius 1 is 1.03 bits per heavy atom. The van der Waals surface area contributed by atoms with Gasteiger partial charge >= 0.3 is 0 Å². The number of carbonyl (C=O) groups excluding carboxylic acids is 1. The lowest BCUT2D eigenvalue weighted by molar-refractivity contribution is -0.133. The number of hydrogen-bond acceptors (Lipinski definition) is 2. The van der Waals surface area contributed by atoms with Gasteiger partial charge in [0.05, 0.1) is 6.10 Å². The summed E-state index contributed by atoms with van der Waals surface area (Å²) in [4.78, 5) is 15.1. The monoisotopic (exact) mass is 469 g/mol. The van der Waals surface area contributed by atoms with Crippen molar-refractivity contribution >= 4 is 5.91 Å². The third kappa shape index (κ3) is 4.20. The minimum atomic E-state index is -0.111. The largest absolute Gasteiger partial charge is 0.393 e. The summed E-state index contributed by atoms with van der Waals surface area (Å²) in [6.45, 7) is 14.2. The maximum atomic E-state index is 13.0. The molecule has 0 aromatic rings. The van der Waals surface area contributed by atoms with Crippen molar-refractivity contribution in [2.75, 3.05) is 13.1 Å². The van der Waals surface area contributed by atoms with E-state index in [0.717, 1.165) is 75.3 Å². The zero-order chi connectivity index (χ0) is 24.3. The molecule has 192 valence electrons. The number of aliphatic hydroxyl groups excluding tert-OH is 1. The van der Waals surface area contributed by atoms with E-state index in [4.69, 9.17) is 0 Å². The molecule has 1 saturated heterocycles. The van der Waals surface area contributed by atoms with E-state index < -0.39 is 0 Å². The molecule has 0 spiro atoms. The van der Waals surface area contributed by atoms with Crippen LogP contribution in [-0.2, 0) is 4.79 Å². The molecule has 0 aromatic heterocycles. The molecule has 1 N–H and O–H groups in total. The molecule has 0 radical (unpaired) electrons. The number of allylic oxidation sites excluding steroid dienone is 1. The summed E-state index contributed by atoms with van der Waals surface area (Å²) in [6.07, 6.45) is 16.4. The summed E-state index contributed by atoms with van der Waals surface area (Å²) in [6, 6.07) is 0. The molecule has 0 aromatic carbocycles. The van der Waals surface area contributed by atoms with Crippen molar-refractivity contribution in [3.8, 4) is 0 Å². The van der Waals surface area contributed by atoms with E-state index in [9.17, 15) is 9.90 Å². The predicted octanol–water partition coefficient (Wildman–Crippen LogP) is 6.99. The molecule has 5 aliphatic rings. The summed E-state index contributed by atoms with van der Waals surface area (Å²) < 4.78 is 0. The van der Waals surface area contributed by atoms with Crippen molar-refractivity contribution < 1.29 is 9.90 Å². The van der Waals surface area contributed by atoms with Gasteiger partial charge in [0.15, 0.2) is 0 Å². The van der Waals surface area contributed by atoms with Gasteiger partial charge in [0.1, 0.15) is 0 Å². The van der Waals surface area contributed by atoms with Gasteiger partial charge in [0, 0.05) is 19.5 Å². The van der Waals surface area contributed by atoms with E-state index in [2.05, 4.69) is 45.6 Å². The van der Waals surface area contributed by atoms with E-state index in [0.29, 0.717) is 28.1 Å². The molecule has 1 unspecified atom stereocenters. The van der Waals surface area contributed by atoms with Crippen LogP contribution in [0.25, 0.3) is 0 Å². The first-order valence-corrected chi connectivity index (χ1v) is 14.7. The van der Waals surface area contributed by atoms with E-state index in [1.807, 2.05) is 0 Å². The maximum Gasteiger partial charge on any atom is 0.222 e. The van der Waals surface area contributed by atoms with Crippen molar-refractivity contribution in [1.29, 1.82) is 0 Å². The summed E-state index contributed by atoms with van der Waals surface area (Å²) in [5, 5.41) is 10.3. The first kappa shape index (κ1) is 24.8. The van der Waals surface area contributed by atoms with Crippen LogP contribution in [0.2, 0.25) is 0 Å². The number of piperidine rings is 1. The fourth-order valence-corrected chi connectivity index (χ4v) is 9.69. The van der Waals surface area contributed by atoms with Gasteiger partial charge in [-0.15, -0.1) is 0 Å². The van der Waals surface area contributed by atoms with Gasteiger partial charge < -0.3 is 10.0 Å². The van der Waals surface area contributed by atoms with Gasteiger partial charge in [-0.3, -0.25) is 4.79 Å². The molecular weight excluding hydrogens is 418 g/mol. The van der Waals surface area contributed by atoms with Crippen LogP contribution in [0.5, 0.6) is 0 Å². The number of likely N-dealkylation sites (tertiary alicyclic amines) is 1.